The van der Waals surface area contributed by atoms with Crippen molar-refractivity contribution in [1.29, 1.82) is 0 Å². The van der Waals surface area contributed by atoms with E-state index >= 15 is 0 Å². The molecule has 35 heavy (non-hydrogen) atoms. The minimum Gasteiger partial charge on any atom is -0.492 e. The van der Waals surface area contributed by atoms with E-state index in [0.717, 1.165) is 33.9 Å². The van der Waals surface area contributed by atoms with Crippen LogP contribution in [-0.2, 0) is 16.8 Å². The number of fused-ring (bicyclic) bond motifs is 1. The van der Waals surface area contributed by atoms with Crippen molar-refractivity contribution in [3.05, 3.63) is 89.7 Å². The van der Waals surface area contributed by atoms with Gasteiger partial charge in [0, 0.05) is 24.6 Å². The predicted molar refractivity (Wildman–Crippen MR) is 141 cm³/mol. The van der Waals surface area contributed by atoms with E-state index in [1.165, 1.54) is 5.56 Å². The van der Waals surface area contributed by atoms with E-state index in [4.69, 9.17) is 9.72 Å². The average molecular weight is 468 g/mol. The minimum atomic E-state index is 0.0430. The Hall–Kier alpha value is -3.60. The molecule has 180 valence electrons. The zero-order valence-corrected chi connectivity index (χ0v) is 21.0. The highest BCUT2D eigenvalue weighted by Gasteiger charge is 2.34. The fourth-order valence-corrected chi connectivity index (χ4v) is 4.87. The predicted octanol–water partition coefficient (Wildman–Crippen LogP) is 6.24. The molecule has 0 radical (unpaired) electrons. The van der Waals surface area contributed by atoms with Gasteiger partial charge in [-0.15, -0.1) is 0 Å². The standard InChI is InChI=1S/C30H33N3O2/c1-21-8-7-9-24(18-21)33-20-22(19-28(33)34)29-31-26-10-5-6-11-27(26)32(29)16-17-35-25-14-12-23(13-15-25)30(2,3)4/h5-15,18,22H,16-17,19-20H2,1-4H3. The molecule has 5 heteroatoms. The molecule has 1 unspecified atom stereocenters. The highest BCUT2D eigenvalue weighted by molar-refractivity contribution is 5.96. The number of imidazole rings is 1. The number of amides is 1. The van der Waals surface area contributed by atoms with Gasteiger partial charge in [-0.25, -0.2) is 4.98 Å². The Morgan fingerprint density at radius 2 is 1.77 bits per heavy atom. The van der Waals surface area contributed by atoms with Gasteiger partial charge < -0.3 is 14.2 Å². The summed E-state index contributed by atoms with van der Waals surface area (Å²) >= 11 is 0. The number of carbonyl (C=O) groups excluding carboxylic acids is 1. The second kappa shape index (κ2) is 9.21. The van der Waals surface area contributed by atoms with E-state index in [2.05, 4.69) is 62.6 Å². The van der Waals surface area contributed by atoms with Gasteiger partial charge >= 0.3 is 0 Å². The summed E-state index contributed by atoms with van der Waals surface area (Å²) in [5.41, 5.74) is 5.56. The van der Waals surface area contributed by atoms with Crippen LogP contribution in [0.1, 0.15) is 50.1 Å². The minimum absolute atomic E-state index is 0.0430. The topological polar surface area (TPSA) is 47.4 Å². The van der Waals surface area contributed by atoms with Crippen molar-refractivity contribution in [2.24, 2.45) is 0 Å². The number of aryl methyl sites for hydroxylation is 1. The van der Waals surface area contributed by atoms with Gasteiger partial charge in [0.2, 0.25) is 5.91 Å². The summed E-state index contributed by atoms with van der Waals surface area (Å²) in [5, 5.41) is 0. The summed E-state index contributed by atoms with van der Waals surface area (Å²) in [4.78, 5) is 19.8. The molecular weight excluding hydrogens is 434 g/mol. The van der Waals surface area contributed by atoms with Crippen LogP contribution in [0.4, 0.5) is 5.69 Å². The molecule has 4 aromatic rings. The largest absolute Gasteiger partial charge is 0.492 e. The Balaban J connectivity index is 1.36. The van der Waals surface area contributed by atoms with Gasteiger partial charge in [-0.3, -0.25) is 4.79 Å². The molecule has 0 saturated carbocycles. The zero-order chi connectivity index (χ0) is 24.6. The number of rotatable bonds is 6. The number of ether oxygens (including phenoxy) is 1. The lowest BCUT2D eigenvalue weighted by Gasteiger charge is -2.19. The number of carbonyl (C=O) groups is 1. The third-order valence-corrected chi connectivity index (χ3v) is 6.79. The number of benzene rings is 3. The van der Waals surface area contributed by atoms with E-state index in [9.17, 15) is 4.79 Å². The fourth-order valence-electron chi connectivity index (χ4n) is 4.87. The summed E-state index contributed by atoms with van der Waals surface area (Å²) in [7, 11) is 0. The Morgan fingerprint density at radius 3 is 2.51 bits per heavy atom. The zero-order valence-electron chi connectivity index (χ0n) is 21.0. The molecule has 1 amide bonds. The van der Waals surface area contributed by atoms with Gasteiger partial charge in [-0.1, -0.05) is 57.2 Å². The van der Waals surface area contributed by atoms with Crippen LogP contribution in [-0.4, -0.2) is 28.6 Å². The van der Waals surface area contributed by atoms with Crippen molar-refractivity contribution >= 4 is 22.6 Å². The molecule has 1 aliphatic rings. The molecule has 0 bridgehead atoms. The number of hydrogen-bond acceptors (Lipinski definition) is 3. The van der Waals surface area contributed by atoms with Gasteiger partial charge in [-0.05, 0) is 59.9 Å². The molecule has 1 aliphatic heterocycles. The van der Waals surface area contributed by atoms with Crippen LogP contribution >= 0.6 is 0 Å². The highest BCUT2D eigenvalue weighted by Crippen LogP contribution is 2.33. The number of anilines is 1. The van der Waals surface area contributed by atoms with Crippen molar-refractivity contribution in [2.45, 2.75) is 52.0 Å². The van der Waals surface area contributed by atoms with Crippen LogP contribution in [0.15, 0.2) is 72.8 Å². The smallest absolute Gasteiger partial charge is 0.227 e. The molecule has 0 N–H and O–H groups in total. The third kappa shape index (κ3) is 4.81. The number of para-hydroxylation sites is 2. The molecule has 1 fully saturated rings. The van der Waals surface area contributed by atoms with E-state index in [0.29, 0.717) is 26.1 Å². The number of hydrogen-bond donors (Lipinski definition) is 0. The summed E-state index contributed by atoms with van der Waals surface area (Å²) in [6.07, 6.45) is 0.465. The van der Waals surface area contributed by atoms with E-state index in [1.54, 1.807) is 0 Å². The maximum atomic E-state index is 13.0. The quantitative estimate of drug-likeness (QED) is 0.337. The fraction of sp³-hybridized carbons (Fsp3) is 0.333. The maximum absolute atomic E-state index is 13.0. The molecular formula is C30H33N3O2. The highest BCUT2D eigenvalue weighted by atomic mass is 16.5. The Morgan fingerprint density at radius 1 is 1.00 bits per heavy atom. The van der Waals surface area contributed by atoms with E-state index in [-0.39, 0.29) is 17.2 Å². The van der Waals surface area contributed by atoms with E-state index in [1.807, 2.05) is 47.4 Å². The normalized spacial score (nSPS) is 16.3. The summed E-state index contributed by atoms with van der Waals surface area (Å²) < 4.78 is 8.35. The van der Waals surface area contributed by atoms with Crippen LogP contribution in [0.25, 0.3) is 11.0 Å². The monoisotopic (exact) mass is 467 g/mol. The van der Waals surface area contributed by atoms with E-state index < -0.39 is 0 Å². The number of aromatic nitrogens is 2. The first-order chi connectivity index (χ1) is 16.8. The second-order valence-electron chi connectivity index (χ2n) is 10.5. The molecule has 1 saturated heterocycles. The molecule has 2 heterocycles. The van der Waals surface area contributed by atoms with Crippen molar-refractivity contribution in [3.8, 4) is 5.75 Å². The maximum Gasteiger partial charge on any atom is 0.227 e. The summed E-state index contributed by atoms with van der Waals surface area (Å²) in [6.45, 7) is 10.5. The van der Waals surface area contributed by atoms with Gasteiger partial charge in [0.05, 0.1) is 17.6 Å². The van der Waals surface area contributed by atoms with Gasteiger partial charge in [0.1, 0.15) is 18.2 Å². The van der Waals surface area contributed by atoms with Gasteiger partial charge in [0.15, 0.2) is 0 Å². The summed E-state index contributed by atoms with van der Waals surface area (Å²) in [6, 6.07) is 24.7. The van der Waals surface area contributed by atoms with Crippen LogP contribution in [0, 0.1) is 6.92 Å². The lowest BCUT2D eigenvalue weighted by Crippen LogP contribution is -2.24. The lowest BCUT2D eigenvalue weighted by molar-refractivity contribution is -0.117. The van der Waals surface area contributed by atoms with Crippen LogP contribution in [0.2, 0.25) is 0 Å². The summed E-state index contributed by atoms with van der Waals surface area (Å²) in [5.74, 6) is 2.02. The Labute approximate surface area is 207 Å². The molecule has 5 nitrogen and oxygen atoms in total. The van der Waals surface area contributed by atoms with Crippen LogP contribution in [0.5, 0.6) is 5.75 Å². The Kier molecular flexibility index (Phi) is 6.10. The van der Waals surface area contributed by atoms with Crippen molar-refractivity contribution < 1.29 is 9.53 Å². The van der Waals surface area contributed by atoms with Crippen LogP contribution in [0.3, 0.4) is 0 Å². The van der Waals surface area contributed by atoms with Crippen LogP contribution < -0.4 is 9.64 Å². The lowest BCUT2D eigenvalue weighted by atomic mass is 9.87. The molecule has 0 spiro atoms. The van der Waals surface area contributed by atoms with Crippen molar-refractivity contribution in [1.82, 2.24) is 9.55 Å². The average Bonchev–Trinajstić information content (AvgIpc) is 3.39. The van der Waals surface area contributed by atoms with Crippen molar-refractivity contribution in [3.63, 3.8) is 0 Å². The second-order valence-corrected chi connectivity index (χ2v) is 10.5. The van der Waals surface area contributed by atoms with Gasteiger partial charge in [0.25, 0.3) is 0 Å². The molecule has 3 aromatic carbocycles. The SMILES string of the molecule is Cc1cccc(N2CC(c3nc4ccccc4n3CCOc3ccc(C(C)(C)C)cc3)CC2=O)c1. The molecule has 5 rings (SSSR count). The first-order valence-corrected chi connectivity index (χ1v) is 12.3. The molecule has 1 aromatic heterocycles. The molecule has 0 aliphatic carbocycles. The van der Waals surface area contributed by atoms with Gasteiger partial charge in [-0.2, -0.15) is 0 Å². The van der Waals surface area contributed by atoms with Crippen molar-refractivity contribution in [2.75, 3.05) is 18.1 Å². The Bertz CT molecular complexity index is 1350. The third-order valence-electron chi connectivity index (χ3n) is 6.79. The number of nitrogens with zero attached hydrogens (tertiary/aromatic N) is 3. The molecule has 1 atom stereocenters. The first-order valence-electron chi connectivity index (χ1n) is 12.3. The first kappa shape index (κ1) is 23.2.